The molecule has 1 aromatic carbocycles. The summed E-state index contributed by atoms with van der Waals surface area (Å²) in [6.45, 7) is 6.23. The van der Waals surface area contributed by atoms with E-state index in [9.17, 15) is 4.79 Å². The van der Waals surface area contributed by atoms with E-state index in [1.807, 2.05) is 45.0 Å². The van der Waals surface area contributed by atoms with Crippen LogP contribution in [0, 0.1) is 12.8 Å². The first-order valence-corrected chi connectivity index (χ1v) is 6.74. The van der Waals surface area contributed by atoms with Gasteiger partial charge in [0.25, 0.3) is 0 Å². The first kappa shape index (κ1) is 14.2. The number of amides is 1. The van der Waals surface area contributed by atoms with Crippen LogP contribution in [0.2, 0.25) is 0 Å². The number of aromatic nitrogens is 2. The zero-order valence-electron chi connectivity index (χ0n) is 12.0. The highest BCUT2D eigenvalue weighted by atomic mass is 16.4. The summed E-state index contributed by atoms with van der Waals surface area (Å²) in [6.07, 6.45) is 0.539. The normalized spacial score (nSPS) is 10.8. The minimum absolute atomic E-state index is 0.0137. The Morgan fingerprint density at radius 1 is 1.30 bits per heavy atom. The van der Waals surface area contributed by atoms with Crippen LogP contribution in [0.3, 0.4) is 0 Å². The number of carbonyl (C=O) groups excluding carboxylic acids is 1. The summed E-state index contributed by atoms with van der Waals surface area (Å²) in [5.74, 6) is 1.07. The molecule has 0 aliphatic carbocycles. The number of rotatable bonds is 5. The van der Waals surface area contributed by atoms with Crippen LogP contribution >= 0.6 is 0 Å². The molecule has 5 nitrogen and oxygen atoms in total. The molecule has 20 heavy (non-hydrogen) atoms. The van der Waals surface area contributed by atoms with Gasteiger partial charge in [-0.05, 0) is 18.6 Å². The summed E-state index contributed by atoms with van der Waals surface area (Å²) in [5.41, 5.74) is 2.04. The molecule has 0 fully saturated rings. The Labute approximate surface area is 118 Å². The van der Waals surface area contributed by atoms with Crippen LogP contribution < -0.4 is 5.32 Å². The molecule has 1 N–H and O–H groups in total. The van der Waals surface area contributed by atoms with Gasteiger partial charge in [0.15, 0.2) is 0 Å². The molecule has 1 amide bonds. The molecule has 1 heterocycles. The maximum absolute atomic E-state index is 11.4. The Kier molecular flexibility index (Phi) is 4.50. The number of nitrogens with one attached hydrogen (secondary N) is 1. The number of hydrogen-bond donors (Lipinski definition) is 1. The molecule has 0 saturated heterocycles. The van der Waals surface area contributed by atoms with E-state index in [2.05, 4.69) is 15.5 Å². The molecule has 0 spiro atoms. The summed E-state index contributed by atoms with van der Waals surface area (Å²) < 4.78 is 5.62. The summed E-state index contributed by atoms with van der Waals surface area (Å²) in [4.78, 5) is 11.4. The molecular formula is C15H19N3O2. The van der Waals surface area contributed by atoms with Gasteiger partial charge in [0, 0.05) is 24.4 Å². The molecule has 0 aliphatic rings. The lowest BCUT2D eigenvalue weighted by atomic mass is 10.1. The molecule has 5 heteroatoms. The van der Waals surface area contributed by atoms with Crippen LogP contribution in [0.15, 0.2) is 28.7 Å². The fourth-order valence-corrected chi connectivity index (χ4v) is 1.77. The fraction of sp³-hybridized carbons (Fsp3) is 0.400. The van der Waals surface area contributed by atoms with Crippen LogP contribution in [-0.4, -0.2) is 22.6 Å². The molecule has 0 atom stereocenters. The number of carbonyl (C=O) groups is 1. The number of benzene rings is 1. The average molecular weight is 273 g/mol. The largest absolute Gasteiger partial charge is 0.421 e. The SMILES string of the molecule is Cc1ccccc1-c1nnc(CCNC(=O)C(C)C)o1. The minimum atomic E-state index is -0.0137. The van der Waals surface area contributed by atoms with Crippen LogP contribution in [0.4, 0.5) is 0 Å². The van der Waals surface area contributed by atoms with E-state index >= 15 is 0 Å². The molecule has 0 radical (unpaired) electrons. The van der Waals surface area contributed by atoms with Crippen molar-refractivity contribution in [2.45, 2.75) is 27.2 Å². The molecule has 1 aromatic heterocycles. The minimum Gasteiger partial charge on any atom is -0.421 e. The molecule has 0 bridgehead atoms. The lowest BCUT2D eigenvalue weighted by Gasteiger charge is -2.05. The van der Waals surface area contributed by atoms with Crippen LogP contribution in [0.1, 0.15) is 25.3 Å². The zero-order chi connectivity index (χ0) is 14.5. The van der Waals surface area contributed by atoms with Crippen molar-refractivity contribution < 1.29 is 9.21 Å². The Morgan fingerprint density at radius 3 is 2.75 bits per heavy atom. The maximum atomic E-state index is 11.4. The fourth-order valence-electron chi connectivity index (χ4n) is 1.77. The second-order valence-electron chi connectivity index (χ2n) is 5.01. The highest BCUT2D eigenvalue weighted by Gasteiger charge is 2.11. The average Bonchev–Trinajstić information content (AvgIpc) is 2.87. The smallest absolute Gasteiger partial charge is 0.247 e. The van der Waals surface area contributed by atoms with Crippen molar-refractivity contribution in [3.8, 4) is 11.5 Å². The monoisotopic (exact) mass is 273 g/mol. The lowest BCUT2D eigenvalue weighted by molar-refractivity contribution is -0.123. The van der Waals surface area contributed by atoms with Gasteiger partial charge in [-0.25, -0.2) is 0 Å². The molecule has 2 rings (SSSR count). The third-order valence-corrected chi connectivity index (χ3v) is 3.00. The molecule has 0 saturated carbocycles. The highest BCUT2D eigenvalue weighted by molar-refractivity contribution is 5.77. The maximum Gasteiger partial charge on any atom is 0.247 e. The first-order valence-electron chi connectivity index (χ1n) is 6.74. The van der Waals surface area contributed by atoms with Gasteiger partial charge in [-0.1, -0.05) is 32.0 Å². The topological polar surface area (TPSA) is 68.0 Å². The van der Waals surface area contributed by atoms with E-state index in [4.69, 9.17) is 4.42 Å². The molecule has 0 unspecified atom stereocenters. The van der Waals surface area contributed by atoms with Crippen molar-refractivity contribution in [3.63, 3.8) is 0 Å². The molecule has 0 aliphatic heterocycles. The predicted molar refractivity (Wildman–Crippen MR) is 76.0 cm³/mol. The third kappa shape index (κ3) is 3.44. The van der Waals surface area contributed by atoms with E-state index in [1.165, 1.54) is 0 Å². The Hall–Kier alpha value is -2.17. The van der Waals surface area contributed by atoms with Crippen LogP contribution in [-0.2, 0) is 11.2 Å². The predicted octanol–water partition coefficient (Wildman–Crippen LogP) is 2.36. The van der Waals surface area contributed by atoms with Crippen molar-refractivity contribution in [2.75, 3.05) is 6.54 Å². The van der Waals surface area contributed by atoms with Crippen molar-refractivity contribution >= 4 is 5.91 Å². The summed E-state index contributed by atoms with van der Waals surface area (Å²) in [5, 5.41) is 10.9. The van der Waals surface area contributed by atoms with Crippen molar-refractivity contribution in [3.05, 3.63) is 35.7 Å². The van der Waals surface area contributed by atoms with E-state index in [-0.39, 0.29) is 11.8 Å². The van der Waals surface area contributed by atoms with Gasteiger partial charge in [-0.2, -0.15) is 0 Å². The second-order valence-corrected chi connectivity index (χ2v) is 5.01. The summed E-state index contributed by atoms with van der Waals surface area (Å²) >= 11 is 0. The van der Waals surface area contributed by atoms with Gasteiger partial charge >= 0.3 is 0 Å². The van der Waals surface area contributed by atoms with Gasteiger partial charge in [0.1, 0.15) is 0 Å². The Balaban J connectivity index is 1.96. The number of hydrogen-bond acceptors (Lipinski definition) is 4. The van der Waals surface area contributed by atoms with E-state index in [0.717, 1.165) is 11.1 Å². The number of aryl methyl sites for hydroxylation is 1. The van der Waals surface area contributed by atoms with Crippen molar-refractivity contribution in [1.82, 2.24) is 15.5 Å². The quantitative estimate of drug-likeness (QED) is 0.908. The van der Waals surface area contributed by atoms with Crippen LogP contribution in [0.25, 0.3) is 11.5 Å². The van der Waals surface area contributed by atoms with E-state index in [1.54, 1.807) is 0 Å². The van der Waals surface area contributed by atoms with Gasteiger partial charge in [0.05, 0.1) is 0 Å². The second kappa shape index (κ2) is 6.32. The number of nitrogens with zero attached hydrogens (tertiary/aromatic N) is 2. The zero-order valence-corrected chi connectivity index (χ0v) is 12.0. The summed E-state index contributed by atoms with van der Waals surface area (Å²) in [6, 6.07) is 7.86. The van der Waals surface area contributed by atoms with E-state index < -0.39 is 0 Å². The highest BCUT2D eigenvalue weighted by Crippen LogP contribution is 2.21. The van der Waals surface area contributed by atoms with Gasteiger partial charge in [-0.15, -0.1) is 10.2 Å². The van der Waals surface area contributed by atoms with E-state index in [0.29, 0.717) is 24.7 Å². The Bertz CT molecular complexity index is 590. The molecular weight excluding hydrogens is 254 g/mol. The van der Waals surface area contributed by atoms with Crippen molar-refractivity contribution in [2.24, 2.45) is 5.92 Å². The van der Waals surface area contributed by atoms with Gasteiger partial charge in [-0.3, -0.25) is 4.79 Å². The third-order valence-electron chi connectivity index (χ3n) is 3.00. The first-order chi connectivity index (χ1) is 9.58. The standard InChI is InChI=1S/C15H19N3O2/c1-10(2)14(19)16-9-8-13-17-18-15(20-13)12-7-5-4-6-11(12)3/h4-7,10H,8-9H2,1-3H3,(H,16,19). The van der Waals surface area contributed by atoms with Gasteiger partial charge < -0.3 is 9.73 Å². The summed E-state index contributed by atoms with van der Waals surface area (Å²) in [7, 11) is 0. The van der Waals surface area contributed by atoms with Crippen molar-refractivity contribution in [1.29, 1.82) is 0 Å². The van der Waals surface area contributed by atoms with Gasteiger partial charge in [0.2, 0.25) is 17.7 Å². The Morgan fingerprint density at radius 2 is 2.05 bits per heavy atom. The molecule has 106 valence electrons. The molecule has 2 aromatic rings. The lowest BCUT2D eigenvalue weighted by Crippen LogP contribution is -2.29. The van der Waals surface area contributed by atoms with Crippen LogP contribution in [0.5, 0.6) is 0 Å².